The molecule has 0 radical (unpaired) electrons. The standard InChI is InChI=1S/C10H16O3S/c1-5-8(14-9(11)6-2)7(3)10(12)13-4/h5-6H2,1-4H3. The average molecular weight is 216 g/mol. The highest BCUT2D eigenvalue weighted by atomic mass is 32.2. The fourth-order valence-electron chi connectivity index (χ4n) is 0.890. The van der Waals surface area contributed by atoms with Gasteiger partial charge in [-0.25, -0.2) is 4.79 Å². The maximum Gasteiger partial charge on any atom is 0.334 e. The second-order valence-corrected chi connectivity index (χ2v) is 3.87. The molecule has 0 saturated carbocycles. The lowest BCUT2D eigenvalue weighted by Gasteiger charge is -2.06. The van der Waals surface area contributed by atoms with Gasteiger partial charge in [0, 0.05) is 16.9 Å². The molecule has 0 N–H and O–H groups in total. The molecule has 80 valence electrons. The van der Waals surface area contributed by atoms with Crippen molar-refractivity contribution < 1.29 is 14.3 Å². The van der Waals surface area contributed by atoms with E-state index in [4.69, 9.17) is 0 Å². The van der Waals surface area contributed by atoms with Gasteiger partial charge in [0.1, 0.15) is 0 Å². The Kier molecular flexibility index (Phi) is 6.28. The summed E-state index contributed by atoms with van der Waals surface area (Å²) in [6, 6.07) is 0. The van der Waals surface area contributed by atoms with Crippen LogP contribution in [0.1, 0.15) is 33.6 Å². The summed E-state index contributed by atoms with van der Waals surface area (Å²) >= 11 is 1.14. The number of carbonyl (C=O) groups is 2. The van der Waals surface area contributed by atoms with Crippen LogP contribution in [0.5, 0.6) is 0 Å². The minimum Gasteiger partial charge on any atom is -0.466 e. The van der Waals surface area contributed by atoms with Gasteiger partial charge in [-0.3, -0.25) is 4.79 Å². The number of thioether (sulfide) groups is 1. The number of rotatable bonds is 4. The van der Waals surface area contributed by atoms with Gasteiger partial charge in [0.05, 0.1) is 7.11 Å². The quantitative estimate of drug-likeness (QED) is 0.535. The molecule has 0 fully saturated rings. The van der Waals surface area contributed by atoms with E-state index in [0.717, 1.165) is 16.7 Å². The molecule has 0 heterocycles. The molecule has 0 spiro atoms. The van der Waals surface area contributed by atoms with Gasteiger partial charge in [-0.2, -0.15) is 0 Å². The third-order valence-corrected chi connectivity index (χ3v) is 3.11. The topological polar surface area (TPSA) is 43.4 Å². The Morgan fingerprint density at radius 3 is 2.14 bits per heavy atom. The van der Waals surface area contributed by atoms with E-state index in [-0.39, 0.29) is 11.1 Å². The number of hydrogen-bond acceptors (Lipinski definition) is 4. The van der Waals surface area contributed by atoms with Gasteiger partial charge in [0.2, 0.25) is 0 Å². The Hall–Kier alpha value is -0.770. The van der Waals surface area contributed by atoms with Gasteiger partial charge in [-0.1, -0.05) is 25.6 Å². The van der Waals surface area contributed by atoms with Crippen LogP contribution in [-0.4, -0.2) is 18.2 Å². The first-order chi connectivity index (χ1) is 6.56. The fraction of sp³-hybridized carbons (Fsp3) is 0.600. The smallest absolute Gasteiger partial charge is 0.334 e. The number of ether oxygens (including phenoxy) is 1. The summed E-state index contributed by atoms with van der Waals surface area (Å²) in [5.74, 6) is -0.363. The number of carbonyl (C=O) groups excluding carboxylic acids is 2. The molecule has 0 aliphatic heterocycles. The first kappa shape index (κ1) is 13.2. The lowest BCUT2D eigenvalue weighted by molar-refractivity contribution is -0.136. The molecule has 0 aromatic carbocycles. The largest absolute Gasteiger partial charge is 0.466 e. The Morgan fingerprint density at radius 2 is 1.79 bits per heavy atom. The van der Waals surface area contributed by atoms with Crippen molar-refractivity contribution in [3.8, 4) is 0 Å². The summed E-state index contributed by atoms with van der Waals surface area (Å²) in [6.45, 7) is 5.40. The molecule has 4 heteroatoms. The van der Waals surface area contributed by atoms with E-state index in [1.165, 1.54) is 7.11 Å². The van der Waals surface area contributed by atoms with Crippen LogP contribution in [0.25, 0.3) is 0 Å². The zero-order valence-electron chi connectivity index (χ0n) is 9.05. The first-order valence-corrected chi connectivity index (χ1v) is 5.37. The summed E-state index contributed by atoms with van der Waals surface area (Å²) < 4.78 is 4.59. The van der Waals surface area contributed by atoms with E-state index < -0.39 is 0 Å². The number of methoxy groups -OCH3 is 1. The van der Waals surface area contributed by atoms with Crippen molar-refractivity contribution in [3.63, 3.8) is 0 Å². The number of hydrogen-bond donors (Lipinski definition) is 0. The minimum absolute atomic E-state index is 0.0742. The van der Waals surface area contributed by atoms with Crippen molar-refractivity contribution in [1.82, 2.24) is 0 Å². The first-order valence-electron chi connectivity index (χ1n) is 4.55. The molecular formula is C10H16O3S. The Labute approximate surface area is 88.9 Å². The van der Waals surface area contributed by atoms with Gasteiger partial charge < -0.3 is 4.74 Å². The Morgan fingerprint density at radius 1 is 1.21 bits per heavy atom. The summed E-state index contributed by atoms with van der Waals surface area (Å²) in [4.78, 5) is 23.1. The molecule has 0 unspecified atom stereocenters. The highest BCUT2D eigenvalue weighted by Gasteiger charge is 2.12. The summed E-state index contributed by atoms with van der Waals surface area (Å²) in [6.07, 6.45) is 1.15. The molecule has 3 nitrogen and oxygen atoms in total. The molecule has 0 rings (SSSR count). The third-order valence-electron chi connectivity index (χ3n) is 1.76. The normalized spacial score (nSPS) is 12.0. The predicted molar refractivity (Wildman–Crippen MR) is 57.9 cm³/mol. The summed E-state index contributed by atoms with van der Waals surface area (Å²) in [5.41, 5.74) is 0.529. The van der Waals surface area contributed by atoms with Crippen LogP contribution in [0.15, 0.2) is 10.5 Å². The van der Waals surface area contributed by atoms with Crippen molar-refractivity contribution in [3.05, 3.63) is 10.5 Å². The minimum atomic E-state index is -0.363. The second-order valence-electron chi connectivity index (χ2n) is 2.72. The van der Waals surface area contributed by atoms with Gasteiger partial charge in [0.15, 0.2) is 5.12 Å². The zero-order valence-corrected chi connectivity index (χ0v) is 9.86. The van der Waals surface area contributed by atoms with Crippen molar-refractivity contribution in [2.75, 3.05) is 7.11 Å². The van der Waals surface area contributed by atoms with Crippen molar-refractivity contribution >= 4 is 22.8 Å². The Bertz CT molecular complexity index is 256. The summed E-state index contributed by atoms with van der Waals surface area (Å²) in [7, 11) is 1.34. The highest BCUT2D eigenvalue weighted by molar-refractivity contribution is 8.16. The molecule has 0 bridgehead atoms. The average Bonchev–Trinajstić information content (AvgIpc) is 2.23. The monoisotopic (exact) mass is 216 g/mol. The predicted octanol–water partition coefficient (Wildman–Crippen LogP) is 2.51. The van der Waals surface area contributed by atoms with Crippen molar-refractivity contribution in [2.45, 2.75) is 33.6 Å². The maximum atomic E-state index is 11.2. The van der Waals surface area contributed by atoms with Gasteiger partial charge in [-0.05, 0) is 13.3 Å². The molecule has 0 aliphatic carbocycles. The van der Waals surface area contributed by atoms with E-state index in [2.05, 4.69) is 4.74 Å². The van der Waals surface area contributed by atoms with Gasteiger partial charge in [0.25, 0.3) is 0 Å². The fourth-order valence-corrected chi connectivity index (χ4v) is 1.69. The van der Waals surface area contributed by atoms with Gasteiger partial charge >= 0.3 is 5.97 Å². The van der Waals surface area contributed by atoms with E-state index in [9.17, 15) is 9.59 Å². The Balaban J connectivity index is 4.67. The molecular weight excluding hydrogens is 200 g/mol. The van der Waals surface area contributed by atoms with E-state index >= 15 is 0 Å². The number of allylic oxidation sites excluding steroid dienone is 1. The van der Waals surface area contributed by atoms with E-state index in [1.54, 1.807) is 13.8 Å². The third kappa shape index (κ3) is 3.96. The molecule has 0 amide bonds. The van der Waals surface area contributed by atoms with E-state index in [1.807, 2.05) is 6.92 Å². The maximum absolute atomic E-state index is 11.2. The van der Waals surface area contributed by atoms with Crippen LogP contribution in [0.2, 0.25) is 0 Å². The molecule has 0 atom stereocenters. The zero-order chi connectivity index (χ0) is 11.1. The van der Waals surface area contributed by atoms with Gasteiger partial charge in [-0.15, -0.1) is 0 Å². The molecule has 0 aliphatic rings. The van der Waals surface area contributed by atoms with Crippen LogP contribution in [-0.2, 0) is 14.3 Å². The van der Waals surface area contributed by atoms with Crippen molar-refractivity contribution in [1.29, 1.82) is 0 Å². The lowest BCUT2D eigenvalue weighted by Crippen LogP contribution is -2.04. The van der Waals surface area contributed by atoms with Crippen LogP contribution >= 0.6 is 11.8 Å². The molecule has 14 heavy (non-hydrogen) atoms. The number of esters is 1. The van der Waals surface area contributed by atoms with Crippen molar-refractivity contribution in [2.24, 2.45) is 0 Å². The summed E-state index contributed by atoms with van der Waals surface area (Å²) in [5, 5.41) is 0.0742. The van der Waals surface area contributed by atoms with E-state index in [0.29, 0.717) is 18.4 Å². The second kappa shape index (κ2) is 6.65. The van der Waals surface area contributed by atoms with Crippen LogP contribution in [0.3, 0.4) is 0 Å². The van der Waals surface area contributed by atoms with Crippen LogP contribution < -0.4 is 0 Å². The van der Waals surface area contributed by atoms with Crippen LogP contribution in [0.4, 0.5) is 0 Å². The molecule has 0 aromatic rings. The van der Waals surface area contributed by atoms with Crippen LogP contribution in [0, 0.1) is 0 Å². The lowest BCUT2D eigenvalue weighted by atomic mass is 10.2. The molecule has 0 aromatic heterocycles. The molecule has 0 saturated heterocycles. The highest BCUT2D eigenvalue weighted by Crippen LogP contribution is 2.25. The SMILES string of the molecule is CCC(=O)SC(CC)=C(C)C(=O)OC.